The molecule has 25 heavy (non-hydrogen) atoms. The maximum atomic E-state index is 12.6. The summed E-state index contributed by atoms with van der Waals surface area (Å²) in [6, 6.07) is 3.27. The average Bonchev–Trinajstić information content (AvgIpc) is 3.27. The van der Waals surface area contributed by atoms with Crippen molar-refractivity contribution in [2.75, 3.05) is 18.4 Å². The van der Waals surface area contributed by atoms with Gasteiger partial charge in [0.25, 0.3) is 10.0 Å². The van der Waals surface area contributed by atoms with Crippen LogP contribution in [-0.2, 0) is 14.8 Å². The Kier molecular flexibility index (Phi) is 5.32. The van der Waals surface area contributed by atoms with Crippen LogP contribution in [0.3, 0.4) is 0 Å². The second kappa shape index (κ2) is 7.32. The van der Waals surface area contributed by atoms with Gasteiger partial charge in [0, 0.05) is 25.4 Å². The molecule has 1 unspecified atom stereocenters. The van der Waals surface area contributed by atoms with Crippen LogP contribution in [0.2, 0.25) is 0 Å². The number of thiazole rings is 1. The van der Waals surface area contributed by atoms with Gasteiger partial charge in [-0.2, -0.15) is 4.31 Å². The van der Waals surface area contributed by atoms with Crippen molar-refractivity contribution in [3.05, 3.63) is 28.6 Å². The molecule has 134 valence electrons. The van der Waals surface area contributed by atoms with Crippen LogP contribution in [0, 0.1) is 5.92 Å². The molecule has 1 atom stereocenters. The Bertz CT molecular complexity index is 874. The van der Waals surface area contributed by atoms with Crippen molar-refractivity contribution in [3.8, 4) is 0 Å². The molecule has 3 rings (SSSR count). The van der Waals surface area contributed by atoms with Gasteiger partial charge in [-0.15, -0.1) is 22.7 Å². The van der Waals surface area contributed by atoms with Crippen LogP contribution in [0.5, 0.6) is 0 Å². The van der Waals surface area contributed by atoms with E-state index in [0.717, 1.165) is 0 Å². The van der Waals surface area contributed by atoms with Gasteiger partial charge in [0.2, 0.25) is 5.91 Å². The lowest BCUT2D eigenvalue weighted by molar-refractivity contribution is -0.120. The van der Waals surface area contributed by atoms with Crippen LogP contribution < -0.4 is 5.32 Å². The number of nitrogens with zero attached hydrogens (tertiary/aromatic N) is 2. The molecule has 0 saturated carbocycles. The van der Waals surface area contributed by atoms with Crippen LogP contribution >= 0.6 is 22.7 Å². The molecule has 1 saturated heterocycles. The van der Waals surface area contributed by atoms with E-state index in [2.05, 4.69) is 10.3 Å². The van der Waals surface area contributed by atoms with E-state index >= 15 is 0 Å². The fourth-order valence-electron chi connectivity index (χ4n) is 2.61. The molecule has 7 nitrogen and oxygen atoms in total. The van der Waals surface area contributed by atoms with E-state index in [1.807, 2.05) is 0 Å². The molecule has 1 aliphatic heterocycles. The summed E-state index contributed by atoms with van der Waals surface area (Å²) in [7, 11) is -3.55. The van der Waals surface area contributed by atoms with Crippen molar-refractivity contribution in [3.63, 3.8) is 0 Å². The Balaban J connectivity index is 1.68. The molecule has 0 radical (unpaired) electrons. The minimum Gasteiger partial charge on any atom is -0.302 e. The Morgan fingerprint density at radius 2 is 2.16 bits per heavy atom. The number of piperidine rings is 1. The molecule has 10 heteroatoms. The lowest BCUT2D eigenvalue weighted by Crippen LogP contribution is -2.43. The number of aromatic nitrogens is 1. The molecule has 0 aromatic carbocycles. The van der Waals surface area contributed by atoms with Crippen LogP contribution in [0.4, 0.5) is 5.13 Å². The molecule has 3 heterocycles. The highest BCUT2D eigenvalue weighted by molar-refractivity contribution is 7.91. The van der Waals surface area contributed by atoms with Crippen molar-refractivity contribution in [1.82, 2.24) is 9.29 Å². The monoisotopic (exact) mass is 399 g/mol. The zero-order chi connectivity index (χ0) is 18.0. The van der Waals surface area contributed by atoms with E-state index in [1.165, 1.54) is 33.9 Å². The highest BCUT2D eigenvalue weighted by Gasteiger charge is 2.34. The maximum absolute atomic E-state index is 12.6. The number of sulfonamides is 1. The van der Waals surface area contributed by atoms with E-state index in [1.54, 1.807) is 22.9 Å². The summed E-state index contributed by atoms with van der Waals surface area (Å²) in [4.78, 5) is 27.8. The first kappa shape index (κ1) is 18.2. The maximum Gasteiger partial charge on any atom is 0.252 e. The molecule has 2 aromatic heterocycles. The third-order valence-electron chi connectivity index (χ3n) is 3.94. The van der Waals surface area contributed by atoms with Crippen molar-refractivity contribution in [1.29, 1.82) is 0 Å². The Hall–Kier alpha value is -1.62. The quantitative estimate of drug-likeness (QED) is 0.779. The molecule has 0 spiro atoms. The Morgan fingerprint density at radius 3 is 2.80 bits per heavy atom. The third kappa shape index (κ3) is 3.97. The summed E-state index contributed by atoms with van der Waals surface area (Å²) in [6.07, 6.45) is 1.24. The number of amides is 1. The zero-order valence-corrected chi connectivity index (χ0v) is 15.9. The van der Waals surface area contributed by atoms with Crippen LogP contribution in [-0.4, -0.2) is 42.5 Å². The summed E-state index contributed by atoms with van der Waals surface area (Å²) in [5.41, 5.74) is 0.311. The number of hydrogen-bond acceptors (Lipinski definition) is 7. The standard InChI is InChI=1S/C15H17N3O4S3/c1-10(19)12-9-24-15(16-12)17-14(20)11-4-2-6-18(8-11)25(21,22)13-5-3-7-23-13/h3,5,7,9,11H,2,4,6,8H2,1H3,(H,16,17,20). The number of carbonyl (C=O) groups excluding carboxylic acids is 2. The fourth-order valence-corrected chi connectivity index (χ4v) is 6.03. The van der Waals surface area contributed by atoms with Crippen LogP contribution in [0.25, 0.3) is 0 Å². The first-order valence-corrected chi connectivity index (χ1v) is 10.9. The van der Waals surface area contributed by atoms with Crippen molar-refractivity contribution in [2.45, 2.75) is 24.0 Å². The second-order valence-electron chi connectivity index (χ2n) is 5.72. The number of carbonyl (C=O) groups is 2. The van der Waals surface area contributed by atoms with E-state index in [0.29, 0.717) is 34.4 Å². The molecular weight excluding hydrogens is 382 g/mol. The van der Waals surface area contributed by atoms with E-state index in [4.69, 9.17) is 0 Å². The highest BCUT2D eigenvalue weighted by Crippen LogP contribution is 2.27. The van der Waals surface area contributed by atoms with Gasteiger partial charge >= 0.3 is 0 Å². The number of nitrogens with one attached hydrogen (secondary N) is 1. The fraction of sp³-hybridized carbons (Fsp3) is 0.400. The van der Waals surface area contributed by atoms with Crippen molar-refractivity contribution in [2.24, 2.45) is 5.92 Å². The molecule has 1 N–H and O–H groups in total. The normalized spacial score (nSPS) is 18.8. The van der Waals surface area contributed by atoms with Crippen LogP contribution in [0.1, 0.15) is 30.3 Å². The first-order valence-electron chi connectivity index (χ1n) is 7.69. The molecule has 1 amide bonds. The lowest BCUT2D eigenvalue weighted by Gasteiger charge is -2.30. The number of Topliss-reactive ketones (excluding diaryl/α,β-unsaturated/α-hetero) is 1. The van der Waals surface area contributed by atoms with Gasteiger partial charge in [0.05, 0.1) is 5.92 Å². The topological polar surface area (TPSA) is 96.4 Å². The zero-order valence-electron chi connectivity index (χ0n) is 13.5. The summed E-state index contributed by atoms with van der Waals surface area (Å²) >= 11 is 2.35. The summed E-state index contributed by atoms with van der Waals surface area (Å²) in [5, 5.41) is 6.35. The lowest BCUT2D eigenvalue weighted by atomic mass is 9.99. The van der Waals surface area contributed by atoms with Gasteiger partial charge in [-0.25, -0.2) is 13.4 Å². The van der Waals surface area contributed by atoms with Gasteiger partial charge in [0.15, 0.2) is 10.9 Å². The minimum atomic E-state index is -3.55. The minimum absolute atomic E-state index is 0.150. The predicted molar refractivity (Wildman–Crippen MR) is 96.6 cm³/mol. The predicted octanol–water partition coefficient (Wildman–Crippen LogP) is 2.45. The second-order valence-corrected chi connectivity index (χ2v) is 9.69. The number of rotatable bonds is 5. The van der Waals surface area contributed by atoms with Crippen LogP contribution in [0.15, 0.2) is 27.1 Å². The Morgan fingerprint density at radius 1 is 1.36 bits per heavy atom. The summed E-state index contributed by atoms with van der Waals surface area (Å²) < 4.78 is 26.9. The summed E-state index contributed by atoms with van der Waals surface area (Å²) in [5.74, 6) is -0.869. The molecule has 2 aromatic rings. The number of anilines is 1. The smallest absolute Gasteiger partial charge is 0.252 e. The number of hydrogen-bond donors (Lipinski definition) is 1. The van der Waals surface area contributed by atoms with Gasteiger partial charge in [-0.05, 0) is 24.3 Å². The van der Waals surface area contributed by atoms with Gasteiger partial charge in [0.1, 0.15) is 9.90 Å². The van der Waals surface area contributed by atoms with Gasteiger partial charge < -0.3 is 5.32 Å². The molecular formula is C15H17N3O4S3. The first-order chi connectivity index (χ1) is 11.9. The summed E-state index contributed by atoms with van der Waals surface area (Å²) in [6.45, 7) is 1.97. The van der Waals surface area contributed by atoms with E-state index in [9.17, 15) is 18.0 Å². The number of ketones is 1. The molecule has 1 fully saturated rings. The van der Waals surface area contributed by atoms with E-state index in [-0.39, 0.29) is 18.2 Å². The molecule has 0 aliphatic carbocycles. The number of thiophene rings is 1. The SMILES string of the molecule is CC(=O)c1csc(NC(=O)C2CCCN(S(=O)(=O)c3cccs3)C2)n1. The largest absolute Gasteiger partial charge is 0.302 e. The highest BCUT2D eigenvalue weighted by atomic mass is 32.2. The Labute approximate surface area is 153 Å². The average molecular weight is 400 g/mol. The van der Waals surface area contributed by atoms with E-state index < -0.39 is 15.9 Å². The van der Waals surface area contributed by atoms with Crippen molar-refractivity contribution >= 4 is 49.5 Å². The molecule has 0 bridgehead atoms. The molecule has 1 aliphatic rings. The third-order valence-corrected chi connectivity index (χ3v) is 7.94. The van der Waals surface area contributed by atoms with Crippen molar-refractivity contribution < 1.29 is 18.0 Å². The van der Waals surface area contributed by atoms with Gasteiger partial charge in [-0.1, -0.05) is 6.07 Å². The van der Waals surface area contributed by atoms with Gasteiger partial charge in [-0.3, -0.25) is 9.59 Å².